The summed E-state index contributed by atoms with van der Waals surface area (Å²) in [6.07, 6.45) is 3.41. The van der Waals surface area contributed by atoms with Crippen molar-refractivity contribution in [1.82, 2.24) is 4.90 Å². The van der Waals surface area contributed by atoms with E-state index in [2.05, 4.69) is 15.7 Å². The Morgan fingerprint density at radius 1 is 1.11 bits per heavy atom. The highest BCUT2D eigenvalue weighted by molar-refractivity contribution is 5.31. The average molecular weight is 266 g/mol. The Kier molecular flexibility index (Phi) is 4.69. The second-order valence-corrected chi connectivity index (χ2v) is 4.58. The standard InChI is InChI=1S/C14H16F2N2O/c15-14(16)19-12-6-4-11(5-7-12)13(10-17)18-8-2-1-3-9-18/h4-7,13-14H,1-3,8-9H2. The van der Waals surface area contributed by atoms with Gasteiger partial charge in [0.2, 0.25) is 0 Å². The molecule has 1 aliphatic rings. The lowest BCUT2D eigenvalue weighted by molar-refractivity contribution is -0.0498. The highest BCUT2D eigenvalue weighted by Gasteiger charge is 2.21. The molecule has 1 aliphatic heterocycles. The molecule has 1 saturated heterocycles. The minimum absolute atomic E-state index is 0.120. The van der Waals surface area contributed by atoms with Gasteiger partial charge in [-0.1, -0.05) is 18.6 Å². The molecular formula is C14H16F2N2O. The van der Waals surface area contributed by atoms with Crippen molar-refractivity contribution in [1.29, 1.82) is 5.26 Å². The number of nitrogens with zero attached hydrogens (tertiary/aromatic N) is 2. The largest absolute Gasteiger partial charge is 0.435 e. The summed E-state index contributed by atoms with van der Waals surface area (Å²) in [5, 5.41) is 9.30. The van der Waals surface area contributed by atoms with E-state index in [1.807, 2.05) is 0 Å². The van der Waals surface area contributed by atoms with Crippen LogP contribution in [0.3, 0.4) is 0 Å². The van der Waals surface area contributed by atoms with Crippen LogP contribution in [0.5, 0.6) is 5.75 Å². The van der Waals surface area contributed by atoms with E-state index in [1.165, 1.54) is 18.6 Å². The van der Waals surface area contributed by atoms with Crippen molar-refractivity contribution in [2.75, 3.05) is 13.1 Å². The molecule has 0 N–H and O–H groups in total. The second kappa shape index (κ2) is 6.48. The molecule has 2 rings (SSSR count). The van der Waals surface area contributed by atoms with Gasteiger partial charge in [-0.15, -0.1) is 0 Å². The third-order valence-electron chi connectivity index (χ3n) is 3.30. The van der Waals surface area contributed by atoms with Crippen LogP contribution in [-0.4, -0.2) is 24.6 Å². The Bertz CT molecular complexity index is 436. The number of halogens is 2. The number of hydrogen-bond donors (Lipinski definition) is 0. The van der Waals surface area contributed by atoms with Crippen molar-refractivity contribution < 1.29 is 13.5 Å². The molecule has 19 heavy (non-hydrogen) atoms. The van der Waals surface area contributed by atoms with Crippen molar-refractivity contribution in [3.8, 4) is 11.8 Å². The summed E-state index contributed by atoms with van der Waals surface area (Å²) in [6.45, 7) is -0.999. The average Bonchev–Trinajstić information content (AvgIpc) is 2.42. The highest BCUT2D eigenvalue weighted by Crippen LogP contribution is 2.26. The van der Waals surface area contributed by atoms with Gasteiger partial charge in [0.15, 0.2) is 0 Å². The zero-order valence-corrected chi connectivity index (χ0v) is 10.6. The number of nitriles is 1. The Balaban J connectivity index is 2.08. The van der Waals surface area contributed by atoms with Gasteiger partial charge in [-0.2, -0.15) is 14.0 Å². The molecule has 3 nitrogen and oxygen atoms in total. The number of hydrogen-bond acceptors (Lipinski definition) is 3. The van der Waals surface area contributed by atoms with Gasteiger partial charge < -0.3 is 4.74 Å². The Morgan fingerprint density at radius 3 is 2.26 bits per heavy atom. The zero-order chi connectivity index (χ0) is 13.7. The van der Waals surface area contributed by atoms with Gasteiger partial charge in [0.05, 0.1) is 6.07 Å². The van der Waals surface area contributed by atoms with E-state index >= 15 is 0 Å². The number of ether oxygens (including phenoxy) is 1. The van der Waals surface area contributed by atoms with Crippen LogP contribution < -0.4 is 4.74 Å². The lowest BCUT2D eigenvalue weighted by atomic mass is 10.0. The summed E-state index contributed by atoms with van der Waals surface area (Å²) in [6, 6.07) is 8.31. The van der Waals surface area contributed by atoms with Crippen molar-refractivity contribution in [2.45, 2.75) is 31.9 Å². The Morgan fingerprint density at radius 2 is 1.74 bits per heavy atom. The first-order valence-electron chi connectivity index (χ1n) is 6.39. The van der Waals surface area contributed by atoms with E-state index in [1.54, 1.807) is 12.1 Å². The molecule has 0 spiro atoms. The molecule has 0 bridgehead atoms. The summed E-state index contributed by atoms with van der Waals surface area (Å²) in [4.78, 5) is 2.13. The molecule has 1 unspecified atom stereocenters. The van der Waals surface area contributed by atoms with E-state index in [-0.39, 0.29) is 11.8 Å². The fourth-order valence-corrected chi connectivity index (χ4v) is 2.38. The van der Waals surface area contributed by atoms with E-state index in [0.717, 1.165) is 31.5 Å². The number of benzene rings is 1. The number of rotatable bonds is 4. The van der Waals surface area contributed by atoms with Crippen LogP contribution in [-0.2, 0) is 0 Å². The minimum Gasteiger partial charge on any atom is -0.435 e. The van der Waals surface area contributed by atoms with E-state index < -0.39 is 6.61 Å². The summed E-state index contributed by atoms with van der Waals surface area (Å²) >= 11 is 0. The highest BCUT2D eigenvalue weighted by atomic mass is 19.3. The van der Waals surface area contributed by atoms with E-state index in [4.69, 9.17) is 0 Å². The molecule has 5 heteroatoms. The van der Waals surface area contributed by atoms with Crippen LogP contribution in [0, 0.1) is 11.3 Å². The third-order valence-corrected chi connectivity index (χ3v) is 3.30. The first kappa shape index (κ1) is 13.8. The third kappa shape index (κ3) is 3.65. The Labute approximate surface area is 111 Å². The zero-order valence-electron chi connectivity index (χ0n) is 10.6. The van der Waals surface area contributed by atoms with Crippen molar-refractivity contribution in [3.63, 3.8) is 0 Å². The smallest absolute Gasteiger partial charge is 0.387 e. The molecular weight excluding hydrogens is 250 g/mol. The quantitative estimate of drug-likeness (QED) is 0.838. The molecule has 0 amide bonds. The molecule has 102 valence electrons. The molecule has 0 saturated carbocycles. The monoisotopic (exact) mass is 266 g/mol. The molecule has 1 heterocycles. The van der Waals surface area contributed by atoms with Crippen LogP contribution in [0.2, 0.25) is 0 Å². The van der Waals surface area contributed by atoms with Gasteiger partial charge in [-0.05, 0) is 43.6 Å². The van der Waals surface area contributed by atoms with Crippen LogP contribution >= 0.6 is 0 Å². The summed E-state index contributed by atoms with van der Waals surface area (Å²) in [5.74, 6) is 0.120. The van der Waals surface area contributed by atoms with Gasteiger partial charge >= 0.3 is 6.61 Å². The maximum atomic E-state index is 12.1. The van der Waals surface area contributed by atoms with Crippen LogP contribution in [0.1, 0.15) is 30.9 Å². The van der Waals surface area contributed by atoms with Gasteiger partial charge in [-0.3, -0.25) is 4.90 Å². The fraction of sp³-hybridized carbons (Fsp3) is 0.500. The SMILES string of the molecule is N#CC(c1ccc(OC(F)F)cc1)N1CCCCC1. The van der Waals surface area contributed by atoms with Crippen molar-refractivity contribution >= 4 is 0 Å². The topological polar surface area (TPSA) is 36.3 Å². The van der Waals surface area contributed by atoms with Crippen molar-refractivity contribution in [3.05, 3.63) is 29.8 Å². The molecule has 0 aliphatic carbocycles. The van der Waals surface area contributed by atoms with Crippen LogP contribution in [0.25, 0.3) is 0 Å². The number of likely N-dealkylation sites (tertiary alicyclic amines) is 1. The normalized spacial score (nSPS) is 18.0. The lowest BCUT2D eigenvalue weighted by Crippen LogP contribution is -2.33. The number of piperidine rings is 1. The number of alkyl halides is 2. The fourth-order valence-electron chi connectivity index (χ4n) is 2.38. The summed E-state index contributed by atoms with van der Waals surface area (Å²) in [5.41, 5.74) is 0.825. The first-order valence-corrected chi connectivity index (χ1v) is 6.39. The maximum absolute atomic E-state index is 12.1. The molecule has 1 atom stereocenters. The molecule has 1 aromatic carbocycles. The minimum atomic E-state index is -2.82. The molecule has 0 aromatic heterocycles. The predicted molar refractivity (Wildman–Crippen MR) is 66.9 cm³/mol. The van der Waals surface area contributed by atoms with Gasteiger partial charge in [-0.25, -0.2) is 0 Å². The van der Waals surface area contributed by atoms with Crippen molar-refractivity contribution in [2.24, 2.45) is 0 Å². The maximum Gasteiger partial charge on any atom is 0.387 e. The summed E-state index contributed by atoms with van der Waals surface area (Å²) in [7, 11) is 0. The van der Waals surface area contributed by atoms with E-state index in [0.29, 0.717) is 0 Å². The second-order valence-electron chi connectivity index (χ2n) is 4.58. The van der Waals surface area contributed by atoms with Gasteiger partial charge in [0.1, 0.15) is 11.8 Å². The molecule has 1 fully saturated rings. The van der Waals surface area contributed by atoms with Crippen LogP contribution in [0.15, 0.2) is 24.3 Å². The molecule has 0 radical (unpaired) electrons. The van der Waals surface area contributed by atoms with Crippen LogP contribution in [0.4, 0.5) is 8.78 Å². The molecule has 1 aromatic rings. The summed E-state index contributed by atoms with van der Waals surface area (Å²) < 4.78 is 28.4. The van der Waals surface area contributed by atoms with E-state index in [9.17, 15) is 14.0 Å². The Hall–Kier alpha value is -1.67. The van der Waals surface area contributed by atoms with Gasteiger partial charge in [0.25, 0.3) is 0 Å². The first-order chi connectivity index (χ1) is 9.20. The predicted octanol–water partition coefficient (Wildman–Crippen LogP) is 3.34. The van der Waals surface area contributed by atoms with Gasteiger partial charge in [0, 0.05) is 0 Å². The lowest BCUT2D eigenvalue weighted by Gasteiger charge is -2.30.